The van der Waals surface area contributed by atoms with Gasteiger partial charge in [0.2, 0.25) is 0 Å². The van der Waals surface area contributed by atoms with E-state index in [0.717, 1.165) is 26.4 Å². The van der Waals surface area contributed by atoms with E-state index in [1.807, 2.05) is 42.5 Å². The SMILES string of the molecule is O=C1c2ccc(-c3ccc4c(c3)C(=O)N(c3nnc(-c5ccccc5Cl)o3)C4=O)cc2C(=O)N1c1ccc2cc3ccccc3cc2c1. The van der Waals surface area contributed by atoms with E-state index in [1.165, 1.54) is 4.90 Å². The van der Waals surface area contributed by atoms with Gasteiger partial charge in [0.05, 0.1) is 38.5 Å². The average Bonchev–Trinajstić information content (AvgIpc) is 3.75. The van der Waals surface area contributed by atoms with Crippen LogP contribution in [0.3, 0.4) is 0 Å². The van der Waals surface area contributed by atoms with Gasteiger partial charge in [0.1, 0.15) is 0 Å². The molecule has 0 spiro atoms. The van der Waals surface area contributed by atoms with Crippen LogP contribution in [0.1, 0.15) is 41.4 Å². The largest absolute Gasteiger partial charge is 0.403 e. The molecule has 0 aliphatic carbocycles. The van der Waals surface area contributed by atoms with Gasteiger partial charge < -0.3 is 4.42 Å². The van der Waals surface area contributed by atoms with Crippen molar-refractivity contribution in [1.29, 1.82) is 0 Å². The third-order valence-electron chi connectivity index (χ3n) is 8.76. The number of aromatic nitrogens is 2. The van der Waals surface area contributed by atoms with Crippen LogP contribution in [0.5, 0.6) is 0 Å². The zero-order chi connectivity index (χ0) is 32.7. The molecule has 1 aromatic heterocycles. The summed E-state index contributed by atoms with van der Waals surface area (Å²) in [6.45, 7) is 0. The van der Waals surface area contributed by atoms with Crippen molar-refractivity contribution in [2.45, 2.75) is 0 Å². The normalized spacial score (nSPS) is 14.0. The fraction of sp³-hybridized carbons (Fsp3) is 0. The molecule has 9 nitrogen and oxygen atoms in total. The molecule has 2 aliphatic rings. The highest BCUT2D eigenvalue weighted by Gasteiger charge is 2.41. The van der Waals surface area contributed by atoms with Crippen LogP contribution in [0.25, 0.3) is 44.1 Å². The summed E-state index contributed by atoms with van der Waals surface area (Å²) in [6, 6.07) is 34.0. The summed E-state index contributed by atoms with van der Waals surface area (Å²) in [5.41, 5.74) is 2.97. The molecular formula is C38H19ClN4O5. The Kier molecular flexibility index (Phi) is 5.96. The first kappa shape index (κ1) is 27.8. The second-order valence-corrected chi connectivity index (χ2v) is 11.9. The minimum absolute atomic E-state index is 0.0661. The summed E-state index contributed by atoms with van der Waals surface area (Å²) in [5.74, 6) is -2.03. The van der Waals surface area contributed by atoms with E-state index < -0.39 is 23.6 Å². The van der Waals surface area contributed by atoms with Crippen molar-refractivity contribution in [2.24, 2.45) is 0 Å². The number of amides is 4. The van der Waals surface area contributed by atoms with E-state index in [0.29, 0.717) is 27.4 Å². The van der Waals surface area contributed by atoms with Crippen LogP contribution in [0, 0.1) is 0 Å². The Balaban J connectivity index is 1.02. The standard InChI is InChI=1S/C38H19ClN4O5/c39-32-8-4-3-7-29(32)33-40-41-38(48-33)43-35(45)28-14-11-24(19-31(28)37(43)47)23-10-13-27-30(18-23)36(46)42(34(27)44)26-12-9-22-15-20-5-1-2-6-21(20)16-25(22)17-26/h1-19H. The van der Waals surface area contributed by atoms with Gasteiger partial charge in [0.15, 0.2) is 0 Å². The van der Waals surface area contributed by atoms with Crippen molar-refractivity contribution >= 4 is 68.5 Å². The lowest BCUT2D eigenvalue weighted by Crippen LogP contribution is -2.29. The first-order chi connectivity index (χ1) is 23.4. The second-order valence-electron chi connectivity index (χ2n) is 11.5. The number of hydrogen-bond acceptors (Lipinski definition) is 7. The molecule has 0 fully saturated rings. The molecule has 10 heteroatoms. The van der Waals surface area contributed by atoms with Gasteiger partial charge in [0.25, 0.3) is 29.5 Å². The molecule has 0 saturated carbocycles. The minimum Gasteiger partial charge on any atom is -0.403 e. The van der Waals surface area contributed by atoms with Crippen LogP contribution in [-0.2, 0) is 0 Å². The van der Waals surface area contributed by atoms with Gasteiger partial charge in [-0.1, -0.05) is 71.3 Å². The van der Waals surface area contributed by atoms with Crippen molar-refractivity contribution in [1.82, 2.24) is 10.2 Å². The van der Waals surface area contributed by atoms with Crippen LogP contribution in [-0.4, -0.2) is 33.8 Å². The van der Waals surface area contributed by atoms with Crippen LogP contribution in [0.4, 0.5) is 11.7 Å². The monoisotopic (exact) mass is 646 g/mol. The van der Waals surface area contributed by atoms with Crippen molar-refractivity contribution in [3.05, 3.63) is 143 Å². The molecule has 0 saturated heterocycles. The lowest BCUT2D eigenvalue weighted by molar-refractivity contribution is 0.0906. The minimum atomic E-state index is -0.631. The Morgan fingerprint density at radius 2 is 1.04 bits per heavy atom. The Bertz CT molecular complexity index is 2590. The molecule has 228 valence electrons. The average molecular weight is 647 g/mol. The van der Waals surface area contributed by atoms with Gasteiger partial charge in [-0.2, -0.15) is 4.90 Å². The molecule has 0 N–H and O–H groups in total. The topological polar surface area (TPSA) is 114 Å². The first-order valence-corrected chi connectivity index (χ1v) is 15.3. The summed E-state index contributed by atoms with van der Waals surface area (Å²) in [7, 11) is 0. The summed E-state index contributed by atoms with van der Waals surface area (Å²) in [6.07, 6.45) is 0. The highest BCUT2D eigenvalue weighted by molar-refractivity contribution is 6.36. The lowest BCUT2D eigenvalue weighted by atomic mass is 9.97. The maximum atomic E-state index is 13.7. The molecule has 9 rings (SSSR count). The van der Waals surface area contributed by atoms with Crippen LogP contribution in [0.15, 0.2) is 120 Å². The smallest absolute Gasteiger partial charge is 0.332 e. The molecule has 7 aromatic rings. The second kappa shape index (κ2) is 10.3. The predicted octanol–water partition coefficient (Wildman–Crippen LogP) is 7.96. The first-order valence-electron chi connectivity index (χ1n) is 14.9. The van der Waals surface area contributed by atoms with Crippen LogP contribution < -0.4 is 9.80 Å². The maximum Gasteiger partial charge on any atom is 0.332 e. The summed E-state index contributed by atoms with van der Waals surface area (Å²) in [4.78, 5) is 56.0. The lowest BCUT2D eigenvalue weighted by Gasteiger charge is -2.15. The zero-order valence-corrected chi connectivity index (χ0v) is 25.4. The van der Waals surface area contributed by atoms with Crippen molar-refractivity contribution in [3.63, 3.8) is 0 Å². The zero-order valence-electron chi connectivity index (χ0n) is 24.7. The third-order valence-corrected chi connectivity index (χ3v) is 9.09. The quantitative estimate of drug-likeness (QED) is 0.141. The number of benzene rings is 6. The van der Waals surface area contributed by atoms with E-state index >= 15 is 0 Å². The van der Waals surface area contributed by atoms with Crippen LogP contribution in [0.2, 0.25) is 5.02 Å². The van der Waals surface area contributed by atoms with Gasteiger partial charge in [0, 0.05) is 0 Å². The molecule has 6 aromatic carbocycles. The number of hydrogen-bond donors (Lipinski definition) is 0. The molecule has 0 radical (unpaired) electrons. The number of nitrogens with zero attached hydrogens (tertiary/aromatic N) is 4. The van der Waals surface area contributed by atoms with E-state index in [4.69, 9.17) is 16.0 Å². The van der Waals surface area contributed by atoms with E-state index in [2.05, 4.69) is 16.3 Å². The Labute approximate surface area is 276 Å². The number of rotatable bonds is 4. The molecule has 0 unspecified atom stereocenters. The predicted molar refractivity (Wildman–Crippen MR) is 180 cm³/mol. The number of anilines is 2. The van der Waals surface area contributed by atoms with Gasteiger partial charge in [-0.3, -0.25) is 19.2 Å². The summed E-state index contributed by atoms with van der Waals surface area (Å²) >= 11 is 6.25. The number of carbonyl (C=O) groups is 4. The number of carbonyl (C=O) groups excluding carboxylic acids is 4. The third kappa shape index (κ3) is 4.11. The Hall–Kier alpha value is -6.45. The van der Waals surface area contributed by atoms with E-state index in [1.54, 1.807) is 66.7 Å². The summed E-state index contributed by atoms with van der Waals surface area (Å²) < 4.78 is 5.69. The fourth-order valence-electron chi connectivity index (χ4n) is 6.36. The van der Waals surface area contributed by atoms with E-state index in [-0.39, 0.29) is 34.2 Å². The van der Waals surface area contributed by atoms with Crippen LogP contribution >= 0.6 is 11.6 Å². The fourth-order valence-corrected chi connectivity index (χ4v) is 6.58. The molecular weight excluding hydrogens is 628 g/mol. The van der Waals surface area contributed by atoms with Gasteiger partial charge in [-0.25, -0.2) is 4.90 Å². The summed E-state index contributed by atoms with van der Waals surface area (Å²) in [5, 5.41) is 12.4. The molecule has 4 amide bonds. The molecule has 0 bridgehead atoms. The highest BCUT2D eigenvalue weighted by atomic mass is 35.5. The van der Waals surface area contributed by atoms with Gasteiger partial charge >= 0.3 is 6.01 Å². The molecule has 2 aliphatic heterocycles. The maximum absolute atomic E-state index is 13.7. The van der Waals surface area contributed by atoms with Gasteiger partial charge in [-0.05, 0) is 93.3 Å². The number of halogens is 1. The molecule has 48 heavy (non-hydrogen) atoms. The van der Waals surface area contributed by atoms with Crippen molar-refractivity contribution in [2.75, 3.05) is 9.80 Å². The highest BCUT2D eigenvalue weighted by Crippen LogP contribution is 2.37. The number of imide groups is 2. The Morgan fingerprint density at radius 3 is 1.73 bits per heavy atom. The number of fused-ring (bicyclic) bond motifs is 4. The molecule has 3 heterocycles. The van der Waals surface area contributed by atoms with Gasteiger partial charge in [-0.15, -0.1) is 5.10 Å². The van der Waals surface area contributed by atoms with E-state index in [9.17, 15) is 19.2 Å². The van der Waals surface area contributed by atoms with Crippen molar-refractivity contribution < 1.29 is 23.6 Å². The molecule has 0 atom stereocenters. The Morgan fingerprint density at radius 1 is 0.479 bits per heavy atom. The van der Waals surface area contributed by atoms with Crippen molar-refractivity contribution in [3.8, 4) is 22.6 Å².